The molecular weight excluding hydrogens is 772 g/mol. The number of aliphatic hydroxyl groups excluding tert-OH is 1. The molecule has 18 nitrogen and oxygen atoms in total. The molecule has 20 heteroatoms. The minimum absolute atomic E-state index is 0.00556. The van der Waals surface area contributed by atoms with Crippen LogP contribution in [0.4, 0.5) is 8.78 Å². The van der Waals surface area contributed by atoms with E-state index in [4.69, 9.17) is 39.9 Å². The summed E-state index contributed by atoms with van der Waals surface area (Å²) in [5.41, 5.74) is 9.30. The molecule has 2 amide bonds. The van der Waals surface area contributed by atoms with Crippen LogP contribution in [0.15, 0.2) is 41.4 Å². The van der Waals surface area contributed by atoms with E-state index in [1.807, 2.05) is 6.92 Å². The van der Waals surface area contributed by atoms with E-state index in [1.165, 1.54) is 27.0 Å². The number of ether oxygens (including phenoxy) is 6. The molecule has 4 aliphatic rings. The van der Waals surface area contributed by atoms with Crippen LogP contribution in [-0.2, 0) is 47.6 Å². The molecular formula is C38H57F2N5O13. The maximum Gasteiger partial charge on any atom is 0.326 e. The van der Waals surface area contributed by atoms with Gasteiger partial charge in [0.2, 0.25) is 23.3 Å². The van der Waals surface area contributed by atoms with Crippen molar-refractivity contribution in [2.24, 2.45) is 27.8 Å². The van der Waals surface area contributed by atoms with Crippen molar-refractivity contribution in [1.82, 2.24) is 10.6 Å². The van der Waals surface area contributed by atoms with Crippen LogP contribution >= 0.6 is 0 Å². The highest BCUT2D eigenvalue weighted by Gasteiger charge is 2.67. The number of guanidine groups is 1. The minimum Gasteiger partial charge on any atom is -0.480 e. The Kier molecular flexibility index (Phi) is 15.3. The van der Waals surface area contributed by atoms with Crippen LogP contribution in [-0.4, -0.2) is 132 Å². The lowest BCUT2D eigenvalue weighted by atomic mass is 9.71. The second kappa shape index (κ2) is 19.0. The SMILES string of the molecule is C=C1C[C@](OC)(C(O)C(=O)NC2OCO[C@H]3[C@@H]2OC(CC2CCC[C@@](O)(C(=O)/C=C/C=C/C(=O)NC(CCCN=C(N)N)C(=O)O)O2)C(C)(C)C3(F)F)O[C@H](C)[C@@H]1C. The topological polar surface area (TPSA) is 273 Å². The Hall–Kier alpha value is -3.89. The molecule has 0 aliphatic carbocycles. The van der Waals surface area contributed by atoms with Crippen LogP contribution in [0.25, 0.3) is 0 Å². The van der Waals surface area contributed by atoms with Gasteiger partial charge in [0.05, 0.1) is 23.7 Å². The Balaban J connectivity index is 1.40. The third kappa shape index (κ3) is 10.5. The van der Waals surface area contributed by atoms with Gasteiger partial charge in [0.25, 0.3) is 11.8 Å². The molecule has 0 aromatic rings. The first-order valence-corrected chi connectivity index (χ1v) is 19.1. The number of alkyl halides is 2. The van der Waals surface area contributed by atoms with Crippen molar-refractivity contribution in [3.63, 3.8) is 0 Å². The molecule has 0 aromatic carbocycles. The predicted octanol–water partition coefficient (Wildman–Crippen LogP) is 0.888. The molecule has 0 spiro atoms. The van der Waals surface area contributed by atoms with Crippen molar-refractivity contribution in [1.29, 1.82) is 0 Å². The maximum atomic E-state index is 16.3. The maximum absolute atomic E-state index is 16.3. The number of aliphatic imine (C=N–C) groups is 1. The largest absolute Gasteiger partial charge is 0.480 e. The average molecular weight is 830 g/mol. The number of aliphatic hydroxyl groups is 2. The number of hydrogen-bond acceptors (Lipinski definition) is 13. The van der Waals surface area contributed by atoms with E-state index >= 15 is 8.78 Å². The number of carboxylic acids is 1. The van der Waals surface area contributed by atoms with Crippen LogP contribution in [0.3, 0.4) is 0 Å². The van der Waals surface area contributed by atoms with Crippen LogP contribution in [0.5, 0.6) is 0 Å². The van der Waals surface area contributed by atoms with Gasteiger partial charge in [0.15, 0.2) is 24.4 Å². The fourth-order valence-corrected chi connectivity index (χ4v) is 7.43. The average Bonchev–Trinajstić information content (AvgIpc) is 3.15. The molecule has 4 saturated heterocycles. The number of ketones is 1. The van der Waals surface area contributed by atoms with Gasteiger partial charge >= 0.3 is 5.97 Å². The lowest BCUT2D eigenvalue weighted by Crippen LogP contribution is -2.71. The number of aliphatic carboxylic acids is 1. The zero-order valence-corrected chi connectivity index (χ0v) is 33.4. The van der Waals surface area contributed by atoms with Crippen LogP contribution in [0.1, 0.15) is 72.6 Å². The molecule has 4 rings (SSSR count). The van der Waals surface area contributed by atoms with Crippen LogP contribution in [0.2, 0.25) is 0 Å². The number of carbonyl (C=O) groups is 4. The van der Waals surface area contributed by atoms with Gasteiger partial charge in [-0.3, -0.25) is 19.4 Å². The number of nitrogens with two attached hydrogens (primary N) is 2. The van der Waals surface area contributed by atoms with Crippen molar-refractivity contribution in [2.45, 2.75) is 139 Å². The quantitative estimate of drug-likeness (QED) is 0.0284. The van der Waals surface area contributed by atoms with Crippen molar-refractivity contribution in [3.05, 3.63) is 36.5 Å². The molecule has 0 aromatic heterocycles. The number of hydrogen-bond donors (Lipinski definition) is 7. The number of fused-ring (bicyclic) bond motifs is 1. The van der Waals surface area contributed by atoms with Crippen molar-refractivity contribution >= 4 is 29.5 Å². The zero-order chi connectivity index (χ0) is 43.2. The Morgan fingerprint density at radius 3 is 2.45 bits per heavy atom. The molecule has 4 heterocycles. The summed E-state index contributed by atoms with van der Waals surface area (Å²) in [4.78, 5) is 54.2. The van der Waals surface area contributed by atoms with E-state index in [0.717, 1.165) is 18.2 Å². The van der Waals surface area contributed by atoms with Gasteiger partial charge in [-0.1, -0.05) is 45.1 Å². The first-order chi connectivity index (χ1) is 27.1. The zero-order valence-electron chi connectivity index (χ0n) is 33.4. The van der Waals surface area contributed by atoms with E-state index in [2.05, 4.69) is 22.2 Å². The molecule has 4 aliphatic heterocycles. The molecule has 5 unspecified atom stereocenters. The molecule has 0 saturated carbocycles. The lowest BCUT2D eigenvalue weighted by molar-refractivity contribution is -0.374. The van der Waals surface area contributed by atoms with E-state index in [1.54, 1.807) is 6.92 Å². The summed E-state index contributed by atoms with van der Waals surface area (Å²) in [7, 11) is 1.27. The van der Waals surface area contributed by atoms with Gasteiger partial charge < -0.3 is 65.8 Å². The van der Waals surface area contributed by atoms with Crippen LogP contribution in [0, 0.1) is 11.3 Å². The fourth-order valence-electron chi connectivity index (χ4n) is 7.43. The minimum atomic E-state index is -3.56. The van der Waals surface area contributed by atoms with Gasteiger partial charge in [-0.05, 0) is 38.7 Å². The van der Waals surface area contributed by atoms with E-state index in [0.29, 0.717) is 5.57 Å². The van der Waals surface area contributed by atoms with Crippen molar-refractivity contribution < 1.29 is 71.7 Å². The molecule has 4 fully saturated rings. The summed E-state index contributed by atoms with van der Waals surface area (Å²) < 4.78 is 67.1. The molecule has 0 radical (unpaired) electrons. The Morgan fingerprint density at radius 1 is 1.12 bits per heavy atom. The molecule has 9 N–H and O–H groups in total. The van der Waals surface area contributed by atoms with Gasteiger partial charge in [0.1, 0.15) is 18.9 Å². The second-order valence-electron chi connectivity index (χ2n) is 15.7. The summed E-state index contributed by atoms with van der Waals surface area (Å²) in [5, 5.41) is 36.6. The number of nitrogens with one attached hydrogen (secondary N) is 2. The van der Waals surface area contributed by atoms with Crippen molar-refractivity contribution in [2.75, 3.05) is 20.4 Å². The standard InChI is InChI=1S/C38H57F2N5O13/c1-20-18-37(53-6,57-22(3)21(20)2)29(48)31(49)45-32-28-30(54-19-55-32)38(39,40)35(4,5)26(56-28)17-23-11-9-15-36(52,58-23)25(46)13-7-8-14-27(47)44-24(33(50)51)12-10-16-43-34(41)42/h7-8,13-14,21-24,26,28-30,32,48,52H,1,9-12,15-19H2,2-6H3,(H,44,47)(H,45,49)(H,50,51)(H4,41,42,43)/b13-7+,14-8+/t21-,22-,23?,24?,26?,28+,29?,30+,32?,36+,37-/m1/s1. The van der Waals surface area contributed by atoms with Crippen LogP contribution < -0.4 is 22.1 Å². The predicted molar refractivity (Wildman–Crippen MR) is 200 cm³/mol. The molecule has 0 bridgehead atoms. The fraction of sp³-hybridized carbons (Fsp3) is 0.711. The van der Waals surface area contributed by atoms with E-state index < -0.39 is 102 Å². The van der Waals surface area contributed by atoms with Gasteiger partial charge in [-0.2, -0.15) is 0 Å². The van der Waals surface area contributed by atoms with Gasteiger partial charge in [-0.25, -0.2) is 13.6 Å². The third-order valence-corrected chi connectivity index (χ3v) is 11.4. The second-order valence-corrected chi connectivity index (χ2v) is 15.7. The first kappa shape index (κ1) is 46.8. The molecule has 58 heavy (non-hydrogen) atoms. The highest BCUT2D eigenvalue weighted by molar-refractivity contribution is 5.96. The van der Waals surface area contributed by atoms with Gasteiger partial charge in [-0.15, -0.1) is 0 Å². The third-order valence-electron chi connectivity index (χ3n) is 11.4. The summed E-state index contributed by atoms with van der Waals surface area (Å²) in [6, 6.07) is -1.22. The number of carbonyl (C=O) groups excluding carboxylic acids is 3. The smallest absolute Gasteiger partial charge is 0.326 e. The number of carboxylic acid groups (broad SMARTS) is 1. The number of rotatable bonds is 16. The highest BCUT2D eigenvalue weighted by Crippen LogP contribution is 2.52. The Bertz CT molecular complexity index is 1620. The molecule has 11 atom stereocenters. The normalized spacial score (nSPS) is 34.4. The number of allylic oxidation sites excluding steroid dienone is 2. The van der Waals surface area contributed by atoms with Gasteiger partial charge in [0, 0.05) is 44.9 Å². The number of halogens is 2. The Labute approximate surface area is 335 Å². The Morgan fingerprint density at radius 2 is 1.81 bits per heavy atom. The van der Waals surface area contributed by atoms with Crippen molar-refractivity contribution in [3.8, 4) is 0 Å². The summed E-state index contributed by atoms with van der Waals surface area (Å²) in [6.07, 6.45) is -4.64. The van der Waals surface area contributed by atoms with E-state index in [9.17, 15) is 34.5 Å². The highest BCUT2D eigenvalue weighted by atomic mass is 19.3. The number of nitrogens with zero attached hydrogens (tertiary/aromatic N) is 1. The monoisotopic (exact) mass is 829 g/mol. The van der Waals surface area contributed by atoms with E-state index in [-0.39, 0.29) is 63.4 Å². The number of methoxy groups -OCH3 is 1. The lowest BCUT2D eigenvalue weighted by Gasteiger charge is -2.55. The summed E-state index contributed by atoms with van der Waals surface area (Å²) in [5.74, 6) is -11.8. The summed E-state index contributed by atoms with van der Waals surface area (Å²) >= 11 is 0. The first-order valence-electron chi connectivity index (χ1n) is 19.1. The summed E-state index contributed by atoms with van der Waals surface area (Å²) in [6.45, 7) is 9.79. The number of amides is 2. The molecule has 326 valence electrons.